The number of fused-ring (bicyclic) bond motifs is 1. The molecule has 3 aromatic rings. The van der Waals surface area contributed by atoms with Crippen LogP contribution in [0.2, 0.25) is 0 Å². The average Bonchev–Trinajstić information content (AvgIpc) is 3.29. The topological polar surface area (TPSA) is 70.7 Å². The summed E-state index contributed by atoms with van der Waals surface area (Å²) in [6.07, 6.45) is 4.42. The highest BCUT2D eigenvalue weighted by atomic mass is 32.1. The third-order valence-corrected chi connectivity index (χ3v) is 5.85. The molecule has 4 rings (SSSR count). The van der Waals surface area contributed by atoms with Crippen molar-refractivity contribution in [2.75, 3.05) is 0 Å². The van der Waals surface area contributed by atoms with Crippen molar-refractivity contribution in [3.8, 4) is 11.3 Å². The number of thiazole rings is 1. The Bertz CT molecular complexity index is 912. The maximum absolute atomic E-state index is 12.7. The quantitative estimate of drug-likeness (QED) is 0.737. The van der Waals surface area contributed by atoms with E-state index in [-0.39, 0.29) is 17.9 Å². The molecule has 0 aliphatic heterocycles. The number of H-pyrrole nitrogens is 1. The first kappa shape index (κ1) is 17.0. The Hall–Kier alpha value is -2.47. The SMILES string of the molecule is Cc1nc(-c2ccc(C(C)NC(=O)C3CCc4cn[nH]c4C3)cc2)cs1. The van der Waals surface area contributed by atoms with Gasteiger partial charge in [-0.1, -0.05) is 24.3 Å². The van der Waals surface area contributed by atoms with Crippen LogP contribution < -0.4 is 5.32 Å². The van der Waals surface area contributed by atoms with Crippen molar-refractivity contribution in [3.63, 3.8) is 0 Å². The van der Waals surface area contributed by atoms with Crippen LogP contribution in [0.1, 0.15) is 41.2 Å². The molecule has 2 atom stereocenters. The Kier molecular flexibility index (Phi) is 4.59. The normalized spacial score (nSPS) is 17.5. The number of hydrogen-bond acceptors (Lipinski definition) is 4. The zero-order valence-corrected chi connectivity index (χ0v) is 15.8. The molecule has 1 amide bonds. The van der Waals surface area contributed by atoms with Gasteiger partial charge in [-0.3, -0.25) is 9.89 Å². The molecule has 0 bridgehead atoms. The molecule has 0 spiro atoms. The molecule has 2 N–H and O–H groups in total. The number of aromatic nitrogens is 3. The lowest BCUT2D eigenvalue weighted by molar-refractivity contribution is -0.126. The standard InChI is InChI=1S/C20H22N4OS/c1-12(14-3-5-15(6-4-14)19-11-26-13(2)23-19)22-20(25)16-7-8-17-10-21-24-18(17)9-16/h3-6,10-12,16H,7-9H2,1-2H3,(H,21,24)(H,22,25). The van der Waals surface area contributed by atoms with Crippen molar-refractivity contribution in [2.45, 2.75) is 39.2 Å². The van der Waals surface area contributed by atoms with E-state index in [0.717, 1.165) is 46.8 Å². The van der Waals surface area contributed by atoms with Crippen LogP contribution in [0.15, 0.2) is 35.8 Å². The molecular weight excluding hydrogens is 344 g/mol. The number of aryl methyl sites for hydroxylation is 2. The fraction of sp³-hybridized carbons (Fsp3) is 0.350. The smallest absolute Gasteiger partial charge is 0.223 e. The summed E-state index contributed by atoms with van der Waals surface area (Å²) in [4.78, 5) is 17.2. The second-order valence-electron chi connectivity index (χ2n) is 6.92. The van der Waals surface area contributed by atoms with E-state index in [1.54, 1.807) is 11.3 Å². The number of rotatable bonds is 4. The van der Waals surface area contributed by atoms with Gasteiger partial charge >= 0.3 is 0 Å². The van der Waals surface area contributed by atoms with Gasteiger partial charge in [-0.05, 0) is 37.8 Å². The third-order valence-electron chi connectivity index (χ3n) is 5.08. The van der Waals surface area contributed by atoms with Crippen molar-refractivity contribution >= 4 is 17.2 Å². The summed E-state index contributed by atoms with van der Waals surface area (Å²) in [6.45, 7) is 4.04. The summed E-state index contributed by atoms with van der Waals surface area (Å²) in [5.41, 5.74) is 5.57. The van der Waals surface area contributed by atoms with Gasteiger partial charge in [0.2, 0.25) is 5.91 Å². The molecule has 6 heteroatoms. The molecule has 0 saturated carbocycles. The number of benzene rings is 1. The molecule has 2 aromatic heterocycles. The second-order valence-corrected chi connectivity index (χ2v) is 7.98. The fourth-order valence-corrected chi connectivity index (χ4v) is 4.11. The number of nitrogens with zero attached hydrogens (tertiary/aromatic N) is 2. The first-order chi connectivity index (χ1) is 12.6. The van der Waals surface area contributed by atoms with E-state index in [2.05, 4.69) is 50.1 Å². The van der Waals surface area contributed by atoms with Crippen molar-refractivity contribution in [1.82, 2.24) is 20.5 Å². The Labute approximate surface area is 156 Å². The Morgan fingerprint density at radius 3 is 2.88 bits per heavy atom. The van der Waals surface area contributed by atoms with Crippen LogP contribution in [0.4, 0.5) is 0 Å². The molecule has 1 aliphatic rings. The second kappa shape index (κ2) is 7.03. The molecule has 2 heterocycles. The van der Waals surface area contributed by atoms with Crippen LogP contribution >= 0.6 is 11.3 Å². The maximum atomic E-state index is 12.7. The average molecular weight is 366 g/mol. The van der Waals surface area contributed by atoms with Crippen LogP contribution in [0.25, 0.3) is 11.3 Å². The van der Waals surface area contributed by atoms with Crippen molar-refractivity contribution in [2.24, 2.45) is 5.92 Å². The first-order valence-electron chi connectivity index (χ1n) is 8.94. The van der Waals surface area contributed by atoms with Crippen LogP contribution in [0, 0.1) is 12.8 Å². The minimum atomic E-state index is -0.0168. The lowest BCUT2D eigenvalue weighted by Gasteiger charge is -2.23. The van der Waals surface area contributed by atoms with Crippen molar-refractivity contribution in [3.05, 3.63) is 57.7 Å². The van der Waals surface area contributed by atoms with Crippen LogP contribution in [-0.4, -0.2) is 21.1 Å². The predicted octanol–water partition coefficient (Wildman–Crippen LogP) is 3.82. The van der Waals surface area contributed by atoms with Gasteiger partial charge in [0, 0.05) is 29.0 Å². The van der Waals surface area contributed by atoms with Gasteiger partial charge in [-0.15, -0.1) is 11.3 Å². The molecule has 134 valence electrons. The molecule has 0 fully saturated rings. The van der Waals surface area contributed by atoms with Gasteiger partial charge in [0.1, 0.15) is 0 Å². The number of carbonyl (C=O) groups is 1. The van der Waals surface area contributed by atoms with E-state index >= 15 is 0 Å². The van der Waals surface area contributed by atoms with Crippen LogP contribution in [0.3, 0.4) is 0 Å². The maximum Gasteiger partial charge on any atom is 0.223 e. The van der Waals surface area contributed by atoms with Gasteiger partial charge in [0.15, 0.2) is 0 Å². The number of nitrogens with one attached hydrogen (secondary N) is 2. The minimum Gasteiger partial charge on any atom is -0.349 e. The molecular formula is C20H22N4OS. The Morgan fingerprint density at radius 1 is 1.35 bits per heavy atom. The zero-order valence-electron chi connectivity index (χ0n) is 15.0. The van der Waals surface area contributed by atoms with Crippen molar-refractivity contribution in [1.29, 1.82) is 0 Å². The molecule has 0 radical (unpaired) electrons. The summed E-state index contributed by atoms with van der Waals surface area (Å²) in [5, 5.41) is 13.4. The van der Waals surface area contributed by atoms with E-state index in [1.165, 1.54) is 5.56 Å². The number of aromatic amines is 1. The first-order valence-corrected chi connectivity index (χ1v) is 9.82. The monoisotopic (exact) mass is 366 g/mol. The lowest BCUT2D eigenvalue weighted by atomic mass is 9.87. The van der Waals surface area contributed by atoms with Gasteiger partial charge in [-0.2, -0.15) is 5.10 Å². The van der Waals surface area contributed by atoms with E-state index < -0.39 is 0 Å². The highest BCUT2D eigenvalue weighted by molar-refractivity contribution is 7.09. The van der Waals surface area contributed by atoms with Crippen LogP contribution in [-0.2, 0) is 17.6 Å². The van der Waals surface area contributed by atoms with Gasteiger partial charge in [0.25, 0.3) is 0 Å². The van der Waals surface area contributed by atoms with Gasteiger partial charge < -0.3 is 5.32 Å². The number of amides is 1. The minimum absolute atomic E-state index is 0.0163. The van der Waals surface area contributed by atoms with E-state index in [0.29, 0.717) is 0 Å². The molecule has 2 unspecified atom stereocenters. The van der Waals surface area contributed by atoms with E-state index in [1.807, 2.05) is 20.0 Å². The molecule has 5 nitrogen and oxygen atoms in total. The third kappa shape index (κ3) is 3.42. The van der Waals surface area contributed by atoms with E-state index in [4.69, 9.17) is 0 Å². The highest BCUT2D eigenvalue weighted by Gasteiger charge is 2.26. The van der Waals surface area contributed by atoms with Crippen LogP contribution in [0.5, 0.6) is 0 Å². The molecule has 1 aromatic carbocycles. The summed E-state index contributed by atoms with van der Waals surface area (Å²) in [7, 11) is 0. The largest absolute Gasteiger partial charge is 0.349 e. The molecule has 26 heavy (non-hydrogen) atoms. The summed E-state index contributed by atoms with van der Waals surface area (Å²) in [5.74, 6) is 0.139. The Balaban J connectivity index is 1.40. The summed E-state index contributed by atoms with van der Waals surface area (Å²) >= 11 is 1.65. The molecule has 1 aliphatic carbocycles. The summed E-state index contributed by atoms with van der Waals surface area (Å²) < 4.78 is 0. The highest BCUT2D eigenvalue weighted by Crippen LogP contribution is 2.26. The molecule has 0 saturated heterocycles. The number of hydrogen-bond donors (Lipinski definition) is 2. The van der Waals surface area contributed by atoms with Crippen molar-refractivity contribution < 1.29 is 4.79 Å². The fourth-order valence-electron chi connectivity index (χ4n) is 3.49. The van der Waals surface area contributed by atoms with E-state index in [9.17, 15) is 4.79 Å². The van der Waals surface area contributed by atoms with Gasteiger partial charge in [-0.25, -0.2) is 4.98 Å². The zero-order chi connectivity index (χ0) is 18.1. The number of carbonyl (C=O) groups excluding carboxylic acids is 1. The lowest BCUT2D eigenvalue weighted by Crippen LogP contribution is -2.35. The predicted molar refractivity (Wildman–Crippen MR) is 103 cm³/mol. The summed E-state index contributed by atoms with van der Waals surface area (Å²) in [6, 6.07) is 8.27. The Morgan fingerprint density at radius 2 is 2.15 bits per heavy atom. The van der Waals surface area contributed by atoms with Gasteiger partial charge in [0.05, 0.1) is 22.9 Å².